The van der Waals surface area contributed by atoms with Gasteiger partial charge in [0.15, 0.2) is 0 Å². The van der Waals surface area contributed by atoms with Gasteiger partial charge < -0.3 is 10.6 Å². The molecule has 0 aliphatic carbocycles. The first kappa shape index (κ1) is 16.4. The molecular formula is C18H20N4OS. The van der Waals surface area contributed by atoms with Crippen LogP contribution in [0.25, 0.3) is 10.1 Å². The zero-order valence-electron chi connectivity index (χ0n) is 13.7. The van der Waals surface area contributed by atoms with Gasteiger partial charge in [-0.05, 0) is 29.7 Å². The van der Waals surface area contributed by atoms with Crippen LogP contribution in [0.4, 0.5) is 15.5 Å². The zero-order valence-corrected chi connectivity index (χ0v) is 14.5. The van der Waals surface area contributed by atoms with E-state index in [1.54, 1.807) is 17.5 Å². The van der Waals surface area contributed by atoms with E-state index < -0.39 is 0 Å². The Morgan fingerprint density at radius 2 is 2.00 bits per heavy atom. The molecule has 0 unspecified atom stereocenters. The number of thiophene rings is 1. The number of nitrogens with zero attached hydrogens (tertiary/aromatic N) is 1. The molecule has 24 heavy (non-hydrogen) atoms. The second-order valence-corrected chi connectivity index (χ2v) is 6.84. The van der Waals surface area contributed by atoms with Crippen molar-refractivity contribution < 1.29 is 4.79 Å². The molecule has 5 nitrogen and oxygen atoms in total. The summed E-state index contributed by atoms with van der Waals surface area (Å²) >= 11 is 1.55. The minimum atomic E-state index is -0.264. The third-order valence-electron chi connectivity index (χ3n) is 3.48. The van der Waals surface area contributed by atoms with Gasteiger partial charge in [-0.3, -0.25) is 10.3 Å². The Balaban J connectivity index is 1.68. The molecule has 3 aromatic rings. The minimum absolute atomic E-state index is 0.264. The van der Waals surface area contributed by atoms with Crippen LogP contribution in [0.2, 0.25) is 0 Å². The molecule has 0 aliphatic rings. The quantitative estimate of drug-likeness (QED) is 0.643. The predicted octanol–water partition coefficient (Wildman–Crippen LogP) is 4.44. The fraction of sp³-hybridized carbons (Fsp3) is 0.222. The van der Waals surface area contributed by atoms with Crippen LogP contribution in [0.3, 0.4) is 0 Å². The van der Waals surface area contributed by atoms with E-state index in [0.717, 1.165) is 20.8 Å². The maximum absolute atomic E-state index is 12.3. The standard InChI is InChI=1S/C18H20N4OS/c1-12(2)20-11-15-14(7-5-9-19-15)21-18(23)22-17-10-13-6-3-4-8-16(13)24-17/h3-10,12,20H,11H2,1-2H3,(H2,21,22,23). The summed E-state index contributed by atoms with van der Waals surface area (Å²) in [6.45, 7) is 4.76. The fourth-order valence-corrected chi connectivity index (χ4v) is 3.26. The molecule has 2 heterocycles. The third-order valence-corrected chi connectivity index (χ3v) is 4.51. The van der Waals surface area contributed by atoms with Crippen LogP contribution in [-0.2, 0) is 6.54 Å². The fourth-order valence-electron chi connectivity index (χ4n) is 2.30. The number of hydrogen-bond donors (Lipinski definition) is 3. The summed E-state index contributed by atoms with van der Waals surface area (Å²) in [5.74, 6) is 0. The number of carbonyl (C=O) groups excluding carboxylic acids is 1. The number of anilines is 2. The second kappa shape index (κ2) is 7.42. The molecule has 0 aliphatic heterocycles. The first-order valence-corrected chi connectivity index (χ1v) is 8.67. The molecule has 124 valence electrons. The Bertz CT molecular complexity index is 811. The van der Waals surface area contributed by atoms with Crippen molar-refractivity contribution in [3.8, 4) is 0 Å². The minimum Gasteiger partial charge on any atom is -0.309 e. The van der Waals surface area contributed by atoms with Crippen LogP contribution in [0.15, 0.2) is 48.7 Å². The number of rotatable bonds is 5. The summed E-state index contributed by atoms with van der Waals surface area (Å²) in [6.07, 6.45) is 1.73. The first-order valence-electron chi connectivity index (χ1n) is 7.85. The lowest BCUT2D eigenvalue weighted by Gasteiger charge is -2.12. The van der Waals surface area contributed by atoms with Gasteiger partial charge in [-0.25, -0.2) is 4.79 Å². The summed E-state index contributed by atoms with van der Waals surface area (Å²) in [4.78, 5) is 16.6. The van der Waals surface area contributed by atoms with Crippen LogP contribution >= 0.6 is 11.3 Å². The highest BCUT2D eigenvalue weighted by molar-refractivity contribution is 7.22. The van der Waals surface area contributed by atoms with E-state index in [0.29, 0.717) is 18.3 Å². The summed E-state index contributed by atoms with van der Waals surface area (Å²) in [5, 5.41) is 11.0. The molecule has 0 fully saturated rings. The van der Waals surface area contributed by atoms with E-state index in [2.05, 4.69) is 34.8 Å². The summed E-state index contributed by atoms with van der Waals surface area (Å²) in [5.41, 5.74) is 1.53. The molecule has 0 atom stereocenters. The lowest BCUT2D eigenvalue weighted by atomic mass is 10.2. The van der Waals surface area contributed by atoms with E-state index in [9.17, 15) is 4.79 Å². The van der Waals surface area contributed by atoms with Crippen LogP contribution in [-0.4, -0.2) is 17.1 Å². The van der Waals surface area contributed by atoms with E-state index in [1.807, 2.05) is 42.5 Å². The number of hydrogen-bond acceptors (Lipinski definition) is 4. The highest BCUT2D eigenvalue weighted by Gasteiger charge is 2.10. The highest BCUT2D eigenvalue weighted by atomic mass is 32.1. The maximum atomic E-state index is 12.3. The summed E-state index contributed by atoms with van der Waals surface area (Å²) < 4.78 is 1.15. The van der Waals surface area contributed by atoms with Crippen LogP contribution < -0.4 is 16.0 Å². The highest BCUT2D eigenvalue weighted by Crippen LogP contribution is 2.29. The molecule has 2 aromatic heterocycles. The Morgan fingerprint density at radius 1 is 1.17 bits per heavy atom. The molecule has 0 radical (unpaired) electrons. The molecule has 0 bridgehead atoms. The number of fused-ring (bicyclic) bond motifs is 1. The maximum Gasteiger partial charge on any atom is 0.324 e. The SMILES string of the molecule is CC(C)NCc1ncccc1NC(=O)Nc1cc2ccccc2s1. The monoisotopic (exact) mass is 340 g/mol. The largest absolute Gasteiger partial charge is 0.324 e. The molecule has 0 saturated heterocycles. The van der Waals surface area contributed by atoms with Crippen molar-refractivity contribution in [1.29, 1.82) is 0 Å². The first-order chi connectivity index (χ1) is 11.6. The third kappa shape index (κ3) is 4.10. The number of aromatic nitrogens is 1. The zero-order chi connectivity index (χ0) is 16.9. The average Bonchev–Trinajstić information content (AvgIpc) is 2.96. The van der Waals surface area contributed by atoms with Gasteiger partial charge in [-0.1, -0.05) is 32.0 Å². The lowest BCUT2D eigenvalue weighted by molar-refractivity contribution is 0.262. The molecule has 0 spiro atoms. The van der Waals surface area contributed by atoms with Gasteiger partial charge >= 0.3 is 6.03 Å². The Labute approximate surface area is 145 Å². The van der Waals surface area contributed by atoms with Crippen molar-refractivity contribution in [1.82, 2.24) is 10.3 Å². The Hall–Kier alpha value is -2.44. The number of nitrogens with one attached hydrogen (secondary N) is 3. The van der Waals surface area contributed by atoms with E-state index >= 15 is 0 Å². The Morgan fingerprint density at radius 3 is 2.79 bits per heavy atom. The molecule has 3 rings (SSSR count). The van der Waals surface area contributed by atoms with Gasteiger partial charge in [0.05, 0.1) is 16.4 Å². The van der Waals surface area contributed by atoms with Crippen molar-refractivity contribution in [2.75, 3.05) is 10.6 Å². The summed E-state index contributed by atoms with van der Waals surface area (Å²) in [7, 11) is 0. The summed E-state index contributed by atoms with van der Waals surface area (Å²) in [6, 6.07) is 13.8. The van der Waals surface area contributed by atoms with Crippen molar-refractivity contribution in [2.45, 2.75) is 26.4 Å². The van der Waals surface area contributed by atoms with Gasteiger partial charge in [0.2, 0.25) is 0 Å². The molecular weight excluding hydrogens is 320 g/mol. The molecule has 1 aromatic carbocycles. The Kier molecular flexibility index (Phi) is 5.08. The molecule has 6 heteroatoms. The van der Waals surface area contributed by atoms with Crippen LogP contribution in [0.5, 0.6) is 0 Å². The van der Waals surface area contributed by atoms with Gasteiger partial charge in [0.1, 0.15) is 0 Å². The normalized spacial score (nSPS) is 11.0. The van der Waals surface area contributed by atoms with E-state index in [4.69, 9.17) is 0 Å². The number of pyridine rings is 1. The molecule has 2 amide bonds. The van der Waals surface area contributed by atoms with Crippen molar-refractivity contribution >= 4 is 38.1 Å². The van der Waals surface area contributed by atoms with Gasteiger partial charge in [-0.15, -0.1) is 11.3 Å². The average molecular weight is 340 g/mol. The van der Waals surface area contributed by atoms with Crippen molar-refractivity contribution in [3.05, 3.63) is 54.4 Å². The lowest BCUT2D eigenvalue weighted by Crippen LogP contribution is -2.25. The second-order valence-electron chi connectivity index (χ2n) is 5.76. The van der Waals surface area contributed by atoms with Gasteiger partial charge in [0.25, 0.3) is 0 Å². The molecule has 3 N–H and O–H groups in total. The van der Waals surface area contributed by atoms with Crippen LogP contribution in [0.1, 0.15) is 19.5 Å². The topological polar surface area (TPSA) is 66.0 Å². The van der Waals surface area contributed by atoms with E-state index in [1.165, 1.54) is 0 Å². The smallest absolute Gasteiger partial charge is 0.309 e. The number of amides is 2. The van der Waals surface area contributed by atoms with Gasteiger partial charge in [-0.2, -0.15) is 0 Å². The number of urea groups is 1. The van der Waals surface area contributed by atoms with Crippen molar-refractivity contribution in [3.63, 3.8) is 0 Å². The van der Waals surface area contributed by atoms with Crippen molar-refractivity contribution in [2.24, 2.45) is 0 Å². The van der Waals surface area contributed by atoms with Gasteiger partial charge in [0, 0.05) is 23.5 Å². The van der Waals surface area contributed by atoms with E-state index in [-0.39, 0.29) is 6.03 Å². The predicted molar refractivity (Wildman–Crippen MR) is 101 cm³/mol. The number of benzene rings is 1. The number of carbonyl (C=O) groups is 1. The molecule has 0 saturated carbocycles. The van der Waals surface area contributed by atoms with Crippen LogP contribution in [0, 0.1) is 0 Å².